The number of nitrogens with zero attached hydrogens (tertiary/aromatic N) is 4. The van der Waals surface area contributed by atoms with Crippen LogP contribution >= 0.6 is 11.3 Å². The summed E-state index contributed by atoms with van der Waals surface area (Å²) in [5, 5.41) is 0.365. The van der Waals surface area contributed by atoms with E-state index in [-0.39, 0.29) is 5.78 Å². The van der Waals surface area contributed by atoms with Crippen molar-refractivity contribution < 1.29 is 18.3 Å². The molecule has 182 valence electrons. The summed E-state index contributed by atoms with van der Waals surface area (Å²) in [6.07, 6.45) is 8.35. The number of carbonyl (C=O) groups excluding carboxylic acids is 1. The summed E-state index contributed by atoms with van der Waals surface area (Å²) in [5.74, 6) is 1.36. The lowest BCUT2D eigenvalue weighted by Crippen LogP contribution is -2.32. The number of fused-ring (bicyclic) bond motifs is 2. The molecule has 6 nitrogen and oxygen atoms in total. The number of alkyl halides is 2. The highest BCUT2D eigenvalue weighted by molar-refractivity contribution is 7.13. The summed E-state index contributed by atoms with van der Waals surface area (Å²) in [6.45, 7) is 2.19. The van der Waals surface area contributed by atoms with E-state index in [4.69, 9.17) is 4.74 Å². The fraction of sp³-hybridized carbons (Fsp3) is 0.560. The molecule has 1 fully saturated rings. The third-order valence-electron chi connectivity index (χ3n) is 7.13. The van der Waals surface area contributed by atoms with E-state index in [1.54, 1.807) is 6.20 Å². The molecule has 0 aromatic carbocycles. The molecule has 0 atom stereocenters. The number of ether oxygens (including phenoxy) is 1. The van der Waals surface area contributed by atoms with Crippen LogP contribution in [-0.4, -0.2) is 51.2 Å². The van der Waals surface area contributed by atoms with Gasteiger partial charge in [0.05, 0.1) is 11.4 Å². The van der Waals surface area contributed by atoms with Gasteiger partial charge < -0.3 is 4.74 Å². The van der Waals surface area contributed by atoms with Gasteiger partial charge in [0.2, 0.25) is 0 Å². The molecule has 3 aromatic rings. The van der Waals surface area contributed by atoms with Gasteiger partial charge in [-0.1, -0.05) is 30.2 Å². The molecule has 2 aliphatic rings. The average Bonchev–Trinajstić information content (AvgIpc) is 3.48. The third kappa shape index (κ3) is 5.46. The Labute approximate surface area is 202 Å². The topological polar surface area (TPSA) is 59.7 Å². The molecule has 1 saturated carbocycles. The molecule has 0 unspecified atom stereocenters. The van der Waals surface area contributed by atoms with E-state index in [1.165, 1.54) is 24.2 Å². The van der Waals surface area contributed by atoms with E-state index < -0.39 is 13.0 Å². The number of carbonyl (C=O) groups is 1. The molecule has 0 bridgehead atoms. The Hall–Kier alpha value is -2.39. The normalized spacial score (nSPS) is 21.1. The molecule has 3 aromatic heterocycles. The van der Waals surface area contributed by atoms with Crippen molar-refractivity contribution in [3.8, 4) is 5.19 Å². The van der Waals surface area contributed by atoms with Crippen molar-refractivity contribution in [1.82, 2.24) is 19.3 Å². The highest BCUT2D eigenvalue weighted by Gasteiger charge is 2.26. The second-order valence-electron chi connectivity index (χ2n) is 9.45. The van der Waals surface area contributed by atoms with Crippen molar-refractivity contribution >= 4 is 22.8 Å². The molecule has 9 heteroatoms. The summed E-state index contributed by atoms with van der Waals surface area (Å²) in [6, 6.07) is 5.71. The molecular weight excluding hydrogens is 458 g/mol. The van der Waals surface area contributed by atoms with Crippen molar-refractivity contribution in [1.29, 1.82) is 0 Å². The maximum atomic E-state index is 12.9. The minimum atomic E-state index is -2.48. The zero-order valence-corrected chi connectivity index (χ0v) is 20.0. The van der Waals surface area contributed by atoms with Crippen LogP contribution in [0.3, 0.4) is 0 Å². The number of thiazole rings is 1. The van der Waals surface area contributed by atoms with Crippen molar-refractivity contribution in [2.24, 2.45) is 11.8 Å². The van der Waals surface area contributed by atoms with Crippen LogP contribution in [0.4, 0.5) is 8.78 Å². The van der Waals surface area contributed by atoms with Gasteiger partial charge in [0, 0.05) is 36.8 Å². The first-order valence-corrected chi connectivity index (χ1v) is 12.9. The molecule has 0 radical (unpaired) electrons. The lowest BCUT2D eigenvalue weighted by molar-refractivity contribution is 0.0815. The van der Waals surface area contributed by atoms with Gasteiger partial charge in [-0.2, -0.15) is 0 Å². The summed E-state index contributed by atoms with van der Waals surface area (Å²) in [7, 11) is 0. The van der Waals surface area contributed by atoms with Crippen LogP contribution in [0.15, 0.2) is 30.6 Å². The van der Waals surface area contributed by atoms with Crippen molar-refractivity contribution in [2.75, 3.05) is 19.7 Å². The Morgan fingerprint density at radius 3 is 2.85 bits per heavy atom. The lowest BCUT2D eigenvalue weighted by atomic mass is 9.78. The third-order valence-corrected chi connectivity index (χ3v) is 8.20. The highest BCUT2D eigenvalue weighted by atomic mass is 32.1. The standard InChI is InChI=1S/C25H30F2N4O2S/c26-23(27)16-33-25-29-19-15-30(12-9-22(19)34-25)11-8-17-4-6-18(7-5-17)14-21(32)20-2-1-3-24-28-10-13-31(20)24/h1-3,10,13,17-18,23H,4-9,11-12,14-16H2. The van der Waals surface area contributed by atoms with E-state index in [0.29, 0.717) is 23.5 Å². The monoisotopic (exact) mass is 488 g/mol. The number of imidazole rings is 1. The van der Waals surface area contributed by atoms with Crippen LogP contribution < -0.4 is 4.74 Å². The van der Waals surface area contributed by atoms with Crippen molar-refractivity contribution in [3.63, 3.8) is 0 Å². The molecule has 0 saturated heterocycles. The fourth-order valence-corrected chi connectivity index (χ4v) is 6.16. The van der Waals surface area contributed by atoms with Crippen LogP contribution in [0.5, 0.6) is 5.19 Å². The van der Waals surface area contributed by atoms with E-state index in [0.717, 1.165) is 67.2 Å². The number of hydrogen-bond donors (Lipinski definition) is 0. The molecule has 1 aliphatic heterocycles. The molecule has 0 amide bonds. The highest BCUT2D eigenvalue weighted by Crippen LogP contribution is 2.34. The SMILES string of the molecule is O=C(CC1CCC(CCN2CCc3sc(OCC(F)F)nc3C2)CC1)c1cccc2nccn12. The lowest BCUT2D eigenvalue weighted by Gasteiger charge is -2.31. The van der Waals surface area contributed by atoms with Crippen LogP contribution in [0, 0.1) is 11.8 Å². The van der Waals surface area contributed by atoms with Gasteiger partial charge in [0.15, 0.2) is 12.4 Å². The number of rotatable bonds is 9. The zero-order valence-electron chi connectivity index (χ0n) is 19.2. The van der Waals surface area contributed by atoms with Gasteiger partial charge in [-0.15, -0.1) is 0 Å². The fourth-order valence-electron chi connectivity index (χ4n) is 5.25. The smallest absolute Gasteiger partial charge is 0.273 e. The molecular formula is C25H30F2N4O2S. The summed E-state index contributed by atoms with van der Waals surface area (Å²) in [5.41, 5.74) is 2.52. The molecule has 4 heterocycles. The number of ketones is 1. The average molecular weight is 489 g/mol. The Morgan fingerprint density at radius 1 is 1.21 bits per heavy atom. The van der Waals surface area contributed by atoms with Gasteiger partial charge >= 0.3 is 0 Å². The van der Waals surface area contributed by atoms with E-state index in [9.17, 15) is 13.6 Å². The minimum absolute atomic E-state index is 0.205. The van der Waals surface area contributed by atoms with E-state index in [1.807, 2.05) is 28.8 Å². The van der Waals surface area contributed by atoms with Gasteiger partial charge in [0.1, 0.15) is 5.65 Å². The number of halogens is 2. The first kappa shape index (κ1) is 23.4. The van der Waals surface area contributed by atoms with Crippen molar-refractivity contribution in [2.45, 2.75) is 57.9 Å². The predicted molar refractivity (Wildman–Crippen MR) is 127 cm³/mol. The predicted octanol–water partition coefficient (Wildman–Crippen LogP) is 5.26. The Kier molecular flexibility index (Phi) is 7.20. The Bertz CT molecular complexity index is 1120. The quantitative estimate of drug-likeness (QED) is 0.385. The number of Topliss-reactive ketones (excluding diaryl/α,β-unsaturated/α-hetero) is 1. The minimum Gasteiger partial charge on any atom is -0.464 e. The van der Waals surface area contributed by atoms with E-state index >= 15 is 0 Å². The Morgan fingerprint density at radius 2 is 2.03 bits per heavy atom. The summed E-state index contributed by atoms with van der Waals surface area (Å²) < 4.78 is 31.7. The second-order valence-corrected chi connectivity index (χ2v) is 10.5. The van der Waals surface area contributed by atoms with Crippen LogP contribution in [0.25, 0.3) is 5.65 Å². The number of hydrogen-bond acceptors (Lipinski definition) is 6. The maximum absolute atomic E-state index is 12.9. The van der Waals surface area contributed by atoms with Crippen LogP contribution in [0.1, 0.15) is 59.6 Å². The van der Waals surface area contributed by atoms with Gasteiger partial charge in [-0.25, -0.2) is 18.7 Å². The first-order valence-electron chi connectivity index (χ1n) is 12.1. The number of pyridine rings is 1. The second kappa shape index (κ2) is 10.5. The van der Waals surface area contributed by atoms with Gasteiger partial charge in [-0.3, -0.25) is 14.1 Å². The summed E-state index contributed by atoms with van der Waals surface area (Å²) in [4.78, 5) is 25.2. The van der Waals surface area contributed by atoms with Crippen molar-refractivity contribution in [3.05, 3.63) is 46.9 Å². The molecule has 34 heavy (non-hydrogen) atoms. The molecule has 0 spiro atoms. The largest absolute Gasteiger partial charge is 0.464 e. The van der Waals surface area contributed by atoms with Crippen LogP contribution in [0.2, 0.25) is 0 Å². The summed E-state index contributed by atoms with van der Waals surface area (Å²) >= 11 is 1.40. The molecule has 0 N–H and O–H groups in total. The Balaban J connectivity index is 1.05. The van der Waals surface area contributed by atoms with Gasteiger partial charge in [-0.05, 0) is 56.2 Å². The zero-order chi connectivity index (χ0) is 23.5. The van der Waals surface area contributed by atoms with Gasteiger partial charge in [0.25, 0.3) is 11.6 Å². The maximum Gasteiger partial charge on any atom is 0.273 e. The number of aromatic nitrogens is 3. The first-order chi connectivity index (χ1) is 16.5. The molecule has 1 aliphatic carbocycles. The van der Waals surface area contributed by atoms with Crippen LogP contribution in [-0.2, 0) is 13.0 Å². The molecule has 5 rings (SSSR count). The van der Waals surface area contributed by atoms with E-state index in [2.05, 4.69) is 14.9 Å².